The fourth-order valence-electron chi connectivity index (χ4n) is 2.12. The molecule has 106 valence electrons. The van der Waals surface area contributed by atoms with Gasteiger partial charge in [-0.3, -0.25) is 0 Å². The molecule has 0 aliphatic rings. The molecule has 2 aromatic rings. The van der Waals surface area contributed by atoms with Crippen LogP contribution in [-0.4, -0.2) is 6.04 Å². The average Bonchev–Trinajstić information content (AvgIpc) is 2.41. The maximum atomic E-state index is 6.07. The van der Waals surface area contributed by atoms with Crippen LogP contribution in [-0.2, 0) is 11.3 Å². The molecule has 20 heavy (non-hydrogen) atoms. The predicted octanol–water partition coefficient (Wildman–Crippen LogP) is 4.36. The Bertz CT molecular complexity index is 551. The highest BCUT2D eigenvalue weighted by Crippen LogP contribution is 2.23. The number of halogens is 1. The van der Waals surface area contributed by atoms with E-state index in [0.717, 1.165) is 15.6 Å². The van der Waals surface area contributed by atoms with Gasteiger partial charge >= 0.3 is 0 Å². The molecule has 0 aliphatic heterocycles. The van der Waals surface area contributed by atoms with Crippen LogP contribution in [0.4, 0.5) is 0 Å². The molecule has 0 amide bonds. The molecule has 0 spiro atoms. The Balaban J connectivity index is 2.08. The smallest absolute Gasteiger partial charge is 0.0977 e. The molecule has 0 fully saturated rings. The molecule has 0 saturated heterocycles. The van der Waals surface area contributed by atoms with Crippen LogP contribution >= 0.6 is 15.9 Å². The van der Waals surface area contributed by atoms with Crippen LogP contribution in [0, 0.1) is 6.92 Å². The van der Waals surface area contributed by atoms with Crippen molar-refractivity contribution in [3.63, 3.8) is 0 Å². The van der Waals surface area contributed by atoms with Crippen LogP contribution in [0.1, 0.15) is 29.7 Å². The molecule has 0 radical (unpaired) electrons. The fraction of sp³-hybridized carbons (Fsp3) is 0.294. The molecule has 0 heterocycles. The van der Waals surface area contributed by atoms with E-state index >= 15 is 0 Å². The number of nitrogens with two attached hydrogens (primary N) is 1. The molecule has 0 aromatic heterocycles. The fourth-order valence-corrected chi connectivity index (χ4v) is 2.57. The van der Waals surface area contributed by atoms with Crippen molar-refractivity contribution >= 4 is 15.9 Å². The first-order valence-corrected chi connectivity index (χ1v) is 7.54. The number of hydrogen-bond donors (Lipinski definition) is 1. The summed E-state index contributed by atoms with van der Waals surface area (Å²) in [6, 6.07) is 16.4. The Morgan fingerprint density at radius 1 is 1.15 bits per heavy atom. The summed E-state index contributed by atoms with van der Waals surface area (Å²) >= 11 is 3.47. The molecule has 2 rings (SSSR count). The molecular weight excluding hydrogens is 314 g/mol. The van der Waals surface area contributed by atoms with Gasteiger partial charge in [-0.05, 0) is 37.1 Å². The first-order chi connectivity index (χ1) is 9.56. The molecule has 3 heteroatoms. The molecule has 2 unspecified atom stereocenters. The Kier molecular flexibility index (Phi) is 5.35. The van der Waals surface area contributed by atoms with Crippen molar-refractivity contribution in [2.45, 2.75) is 32.6 Å². The standard InChI is InChI=1S/C17H20BrNO/c1-12-6-8-15(9-7-12)17(13(2)19)20-11-14-4-3-5-16(18)10-14/h3-10,13,17H,11,19H2,1-2H3. The van der Waals surface area contributed by atoms with Crippen molar-refractivity contribution in [3.8, 4) is 0 Å². The van der Waals surface area contributed by atoms with Gasteiger partial charge in [0.25, 0.3) is 0 Å². The quantitative estimate of drug-likeness (QED) is 0.882. The summed E-state index contributed by atoms with van der Waals surface area (Å²) in [5.74, 6) is 0. The van der Waals surface area contributed by atoms with Gasteiger partial charge in [-0.25, -0.2) is 0 Å². The predicted molar refractivity (Wildman–Crippen MR) is 86.5 cm³/mol. The zero-order valence-corrected chi connectivity index (χ0v) is 13.4. The third-order valence-electron chi connectivity index (χ3n) is 3.20. The summed E-state index contributed by atoms with van der Waals surface area (Å²) < 4.78 is 7.09. The molecule has 0 bridgehead atoms. The lowest BCUT2D eigenvalue weighted by Gasteiger charge is -2.22. The second kappa shape index (κ2) is 7.02. The van der Waals surface area contributed by atoms with E-state index in [-0.39, 0.29) is 12.1 Å². The normalized spacial score (nSPS) is 14.0. The van der Waals surface area contributed by atoms with Crippen molar-refractivity contribution in [2.24, 2.45) is 5.73 Å². The minimum Gasteiger partial charge on any atom is -0.367 e. The van der Waals surface area contributed by atoms with Crippen molar-refractivity contribution in [1.29, 1.82) is 0 Å². The van der Waals surface area contributed by atoms with Crippen LogP contribution in [0.15, 0.2) is 53.0 Å². The molecule has 0 aliphatic carbocycles. The van der Waals surface area contributed by atoms with Crippen LogP contribution in [0.2, 0.25) is 0 Å². The zero-order chi connectivity index (χ0) is 14.5. The highest BCUT2D eigenvalue weighted by molar-refractivity contribution is 9.10. The van der Waals surface area contributed by atoms with Gasteiger partial charge in [0, 0.05) is 10.5 Å². The number of hydrogen-bond acceptors (Lipinski definition) is 2. The topological polar surface area (TPSA) is 35.2 Å². The summed E-state index contributed by atoms with van der Waals surface area (Å²) in [4.78, 5) is 0. The minimum absolute atomic E-state index is 0.0511. The summed E-state index contributed by atoms with van der Waals surface area (Å²) in [6.45, 7) is 4.61. The summed E-state index contributed by atoms with van der Waals surface area (Å²) in [7, 11) is 0. The minimum atomic E-state index is -0.0884. The number of aryl methyl sites for hydroxylation is 1. The summed E-state index contributed by atoms with van der Waals surface area (Å²) in [6.07, 6.45) is -0.0884. The van der Waals surface area contributed by atoms with Crippen molar-refractivity contribution < 1.29 is 4.74 Å². The molecule has 2 N–H and O–H groups in total. The van der Waals surface area contributed by atoms with E-state index < -0.39 is 0 Å². The van der Waals surface area contributed by atoms with Gasteiger partial charge in [-0.15, -0.1) is 0 Å². The molecule has 2 atom stereocenters. The average molecular weight is 334 g/mol. The Morgan fingerprint density at radius 3 is 2.45 bits per heavy atom. The monoisotopic (exact) mass is 333 g/mol. The van der Waals surface area contributed by atoms with E-state index in [1.807, 2.05) is 19.1 Å². The first-order valence-electron chi connectivity index (χ1n) is 6.74. The van der Waals surface area contributed by atoms with Gasteiger partial charge in [0.2, 0.25) is 0 Å². The summed E-state index contributed by atoms with van der Waals surface area (Å²) in [5, 5.41) is 0. The van der Waals surface area contributed by atoms with Gasteiger partial charge in [0.15, 0.2) is 0 Å². The van der Waals surface area contributed by atoms with Crippen LogP contribution < -0.4 is 5.73 Å². The number of ether oxygens (including phenoxy) is 1. The van der Waals surface area contributed by atoms with Gasteiger partial charge in [-0.1, -0.05) is 57.9 Å². The third-order valence-corrected chi connectivity index (χ3v) is 3.70. The van der Waals surface area contributed by atoms with E-state index in [0.29, 0.717) is 6.61 Å². The van der Waals surface area contributed by atoms with Crippen LogP contribution in [0.3, 0.4) is 0 Å². The van der Waals surface area contributed by atoms with E-state index in [1.54, 1.807) is 0 Å². The summed E-state index contributed by atoms with van der Waals surface area (Å²) in [5.41, 5.74) is 9.57. The van der Waals surface area contributed by atoms with Crippen LogP contribution in [0.5, 0.6) is 0 Å². The number of benzene rings is 2. The van der Waals surface area contributed by atoms with Gasteiger partial charge in [0.1, 0.15) is 0 Å². The van der Waals surface area contributed by atoms with Gasteiger partial charge in [-0.2, -0.15) is 0 Å². The Labute approximate surface area is 129 Å². The van der Waals surface area contributed by atoms with Crippen molar-refractivity contribution in [2.75, 3.05) is 0 Å². The highest BCUT2D eigenvalue weighted by Gasteiger charge is 2.16. The highest BCUT2D eigenvalue weighted by atomic mass is 79.9. The van der Waals surface area contributed by atoms with E-state index in [2.05, 4.69) is 59.3 Å². The van der Waals surface area contributed by atoms with Crippen LogP contribution in [0.25, 0.3) is 0 Å². The molecule has 0 saturated carbocycles. The van der Waals surface area contributed by atoms with Crippen molar-refractivity contribution in [3.05, 3.63) is 69.7 Å². The van der Waals surface area contributed by atoms with Gasteiger partial charge < -0.3 is 10.5 Å². The van der Waals surface area contributed by atoms with E-state index in [4.69, 9.17) is 10.5 Å². The van der Waals surface area contributed by atoms with E-state index in [9.17, 15) is 0 Å². The first kappa shape index (κ1) is 15.2. The third kappa shape index (κ3) is 4.17. The molecular formula is C17H20BrNO. The largest absolute Gasteiger partial charge is 0.367 e. The Hall–Kier alpha value is -1.16. The lowest BCUT2D eigenvalue weighted by Crippen LogP contribution is -2.26. The second-order valence-electron chi connectivity index (χ2n) is 5.13. The van der Waals surface area contributed by atoms with E-state index in [1.165, 1.54) is 5.56 Å². The Morgan fingerprint density at radius 2 is 1.85 bits per heavy atom. The maximum absolute atomic E-state index is 6.07. The maximum Gasteiger partial charge on any atom is 0.0977 e. The molecule has 2 nitrogen and oxygen atoms in total. The lowest BCUT2D eigenvalue weighted by atomic mass is 10.0. The SMILES string of the molecule is Cc1ccc(C(OCc2cccc(Br)c2)C(C)N)cc1. The second-order valence-corrected chi connectivity index (χ2v) is 6.05. The lowest BCUT2D eigenvalue weighted by molar-refractivity contribution is 0.0259. The van der Waals surface area contributed by atoms with Crippen molar-refractivity contribution in [1.82, 2.24) is 0 Å². The number of rotatable bonds is 5. The molecule has 2 aromatic carbocycles. The zero-order valence-electron chi connectivity index (χ0n) is 11.8. The van der Waals surface area contributed by atoms with Gasteiger partial charge in [0.05, 0.1) is 12.7 Å².